The molecule has 0 aliphatic heterocycles. The highest BCUT2D eigenvalue weighted by Gasteiger charge is 2.35. The molecule has 0 aliphatic carbocycles. The van der Waals surface area contributed by atoms with Crippen LogP contribution in [0.15, 0.2) is 42.5 Å². The van der Waals surface area contributed by atoms with Gasteiger partial charge in [0.25, 0.3) is 0 Å². The maximum absolute atomic E-state index is 13.7. The Balaban J connectivity index is 1.64. The SMILES string of the molecule is C[C@](N)(COP(=O)(O)O)c1nnc(-c2ccc(OCCOCCc3ccccc3Cl)c(C(F)(F)F)c2)s1. The van der Waals surface area contributed by atoms with Crippen molar-refractivity contribution in [3.63, 3.8) is 0 Å². The number of nitrogens with two attached hydrogens (primary N) is 1. The van der Waals surface area contributed by atoms with E-state index in [9.17, 15) is 17.7 Å². The zero-order chi connectivity index (χ0) is 27.3. The van der Waals surface area contributed by atoms with Crippen molar-refractivity contribution in [1.82, 2.24) is 10.2 Å². The van der Waals surface area contributed by atoms with Crippen molar-refractivity contribution >= 4 is 30.8 Å². The van der Waals surface area contributed by atoms with Gasteiger partial charge < -0.3 is 25.0 Å². The summed E-state index contributed by atoms with van der Waals surface area (Å²) in [4.78, 5) is 17.7. The Bertz CT molecular complexity index is 1250. The molecule has 0 saturated carbocycles. The van der Waals surface area contributed by atoms with Crippen LogP contribution in [-0.2, 0) is 32.0 Å². The zero-order valence-corrected chi connectivity index (χ0v) is 21.9. The Kier molecular flexibility index (Phi) is 9.70. The Morgan fingerprint density at radius 2 is 1.84 bits per heavy atom. The molecule has 0 radical (unpaired) electrons. The first-order valence-electron chi connectivity index (χ1n) is 10.7. The fourth-order valence-electron chi connectivity index (χ4n) is 3.06. The van der Waals surface area contributed by atoms with Crippen LogP contribution in [0.1, 0.15) is 23.1 Å². The van der Waals surface area contributed by atoms with Gasteiger partial charge in [-0.15, -0.1) is 10.2 Å². The number of nitrogens with zero attached hydrogens (tertiary/aromatic N) is 2. The van der Waals surface area contributed by atoms with E-state index in [0.29, 0.717) is 18.1 Å². The van der Waals surface area contributed by atoms with Crippen LogP contribution in [0.3, 0.4) is 0 Å². The Morgan fingerprint density at radius 3 is 2.51 bits per heavy atom. The molecule has 1 aromatic heterocycles. The van der Waals surface area contributed by atoms with Gasteiger partial charge in [0, 0.05) is 10.6 Å². The number of ether oxygens (including phenoxy) is 2. The van der Waals surface area contributed by atoms with Crippen molar-refractivity contribution in [1.29, 1.82) is 0 Å². The maximum atomic E-state index is 13.7. The lowest BCUT2D eigenvalue weighted by molar-refractivity contribution is -0.139. The highest BCUT2D eigenvalue weighted by atomic mass is 35.5. The van der Waals surface area contributed by atoms with E-state index < -0.39 is 31.7 Å². The van der Waals surface area contributed by atoms with Gasteiger partial charge in [-0.05, 0) is 43.2 Å². The Morgan fingerprint density at radius 1 is 1.11 bits per heavy atom. The van der Waals surface area contributed by atoms with Crippen molar-refractivity contribution < 1.29 is 41.5 Å². The number of phosphoric acid groups is 1. The minimum atomic E-state index is -4.77. The molecular formula is C22H24ClF3N3O6PS. The largest absolute Gasteiger partial charge is 0.491 e. The minimum absolute atomic E-state index is 0.0784. The topological polar surface area (TPSA) is 137 Å². The highest BCUT2D eigenvalue weighted by molar-refractivity contribution is 7.46. The van der Waals surface area contributed by atoms with Crippen LogP contribution >= 0.6 is 30.8 Å². The number of phosphoric ester groups is 1. The fourth-order valence-corrected chi connectivity index (χ4v) is 4.61. The van der Waals surface area contributed by atoms with Crippen LogP contribution in [-0.4, -0.2) is 46.4 Å². The summed E-state index contributed by atoms with van der Waals surface area (Å²) in [6.45, 7) is 1.14. The van der Waals surface area contributed by atoms with Crippen molar-refractivity contribution in [3.8, 4) is 16.3 Å². The lowest BCUT2D eigenvalue weighted by Crippen LogP contribution is -2.37. The molecule has 3 rings (SSSR count). The van der Waals surface area contributed by atoms with Crippen molar-refractivity contribution in [3.05, 3.63) is 63.6 Å². The van der Waals surface area contributed by atoms with Gasteiger partial charge in [0.15, 0.2) is 0 Å². The molecule has 1 atom stereocenters. The number of halogens is 4. The average molecular weight is 582 g/mol. The summed E-state index contributed by atoms with van der Waals surface area (Å²) in [6.07, 6.45) is -4.15. The van der Waals surface area contributed by atoms with Gasteiger partial charge in [-0.25, -0.2) is 4.57 Å². The van der Waals surface area contributed by atoms with Gasteiger partial charge in [-0.1, -0.05) is 41.1 Å². The monoisotopic (exact) mass is 581 g/mol. The molecule has 0 spiro atoms. The van der Waals surface area contributed by atoms with Gasteiger partial charge in [-0.2, -0.15) is 13.2 Å². The van der Waals surface area contributed by atoms with E-state index in [0.717, 1.165) is 23.0 Å². The second kappa shape index (κ2) is 12.2. The molecule has 15 heteroatoms. The van der Waals surface area contributed by atoms with Gasteiger partial charge in [0.2, 0.25) is 0 Å². The highest BCUT2D eigenvalue weighted by Crippen LogP contribution is 2.41. The number of hydrogen-bond acceptors (Lipinski definition) is 8. The number of benzene rings is 2. The molecule has 0 unspecified atom stereocenters. The van der Waals surface area contributed by atoms with Crippen LogP contribution in [0.4, 0.5) is 13.2 Å². The van der Waals surface area contributed by atoms with Crippen LogP contribution < -0.4 is 10.5 Å². The molecule has 2 aromatic carbocycles. The van der Waals surface area contributed by atoms with Crippen molar-refractivity contribution in [2.45, 2.75) is 25.1 Å². The van der Waals surface area contributed by atoms with Gasteiger partial charge >= 0.3 is 14.0 Å². The van der Waals surface area contributed by atoms with Crippen molar-refractivity contribution in [2.24, 2.45) is 5.73 Å². The fraction of sp³-hybridized carbons (Fsp3) is 0.364. The van der Waals surface area contributed by atoms with Crippen molar-refractivity contribution in [2.75, 3.05) is 26.4 Å². The third kappa shape index (κ3) is 8.72. The molecule has 0 bridgehead atoms. The standard InChI is InChI=1S/C22H24ClF3N3O6PS/c1-21(27,13-35-36(30,31)32)20-29-28-19(37-20)15-6-7-18(16(12-15)22(24,25)26)34-11-10-33-9-8-14-4-2-3-5-17(14)23/h2-7,12H,8-11,13,27H2,1H3,(H2,30,31,32)/t21-/m0/s1. The predicted molar refractivity (Wildman–Crippen MR) is 131 cm³/mol. The number of alkyl halides is 3. The molecule has 9 nitrogen and oxygen atoms in total. The first kappa shape index (κ1) is 29.5. The molecule has 3 aromatic rings. The maximum Gasteiger partial charge on any atom is 0.469 e. The molecule has 1 heterocycles. The zero-order valence-electron chi connectivity index (χ0n) is 19.4. The van der Waals surface area contributed by atoms with Gasteiger partial charge in [-0.3, -0.25) is 4.52 Å². The van der Waals surface area contributed by atoms with E-state index in [2.05, 4.69) is 14.7 Å². The minimum Gasteiger partial charge on any atom is -0.491 e. The molecule has 0 aliphatic rings. The van der Waals surface area contributed by atoms with E-state index in [1.807, 2.05) is 18.2 Å². The Labute approximate surface area is 219 Å². The summed E-state index contributed by atoms with van der Waals surface area (Å²) < 4.78 is 67.4. The van der Waals surface area contributed by atoms with E-state index in [1.54, 1.807) is 6.07 Å². The second-order valence-electron chi connectivity index (χ2n) is 8.10. The van der Waals surface area contributed by atoms with Gasteiger partial charge in [0.05, 0.1) is 30.9 Å². The molecule has 0 saturated heterocycles. The summed E-state index contributed by atoms with van der Waals surface area (Å²) >= 11 is 6.96. The predicted octanol–water partition coefficient (Wildman–Crippen LogP) is 4.80. The smallest absolute Gasteiger partial charge is 0.469 e. The van der Waals surface area contributed by atoms with Crippen LogP contribution in [0, 0.1) is 0 Å². The molecule has 37 heavy (non-hydrogen) atoms. The Hall–Kier alpha value is -2.09. The molecule has 4 N–H and O–H groups in total. The summed E-state index contributed by atoms with van der Waals surface area (Å²) in [5.74, 6) is -0.366. The third-order valence-corrected chi connectivity index (χ3v) is 7.02. The van der Waals surface area contributed by atoms with E-state index in [1.165, 1.54) is 19.1 Å². The lowest BCUT2D eigenvalue weighted by Gasteiger charge is -2.21. The van der Waals surface area contributed by atoms with Crippen LogP contribution in [0.2, 0.25) is 5.02 Å². The third-order valence-electron chi connectivity index (χ3n) is 4.94. The average Bonchev–Trinajstić information content (AvgIpc) is 3.32. The van der Waals surface area contributed by atoms with Gasteiger partial charge in [0.1, 0.15) is 22.4 Å². The summed E-state index contributed by atoms with van der Waals surface area (Å²) in [5.41, 5.74) is 4.60. The van der Waals surface area contributed by atoms with E-state index >= 15 is 0 Å². The second-order valence-corrected chi connectivity index (χ2v) is 10.7. The molecule has 202 valence electrons. The normalized spacial score (nSPS) is 13.9. The first-order valence-corrected chi connectivity index (χ1v) is 13.5. The van der Waals surface area contributed by atoms with Crippen LogP contribution in [0.25, 0.3) is 10.6 Å². The first-order chi connectivity index (χ1) is 17.3. The quantitative estimate of drug-likeness (QED) is 0.203. The molecule has 0 amide bonds. The number of aromatic nitrogens is 2. The number of rotatable bonds is 12. The van der Waals surface area contributed by atoms with Crippen LogP contribution in [0.5, 0.6) is 5.75 Å². The lowest BCUT2D eigenvalue weighted by atomic mass is 10.1. The summed E-state index contributed by atoms with van der Waals surface area (Å²) in [6, 6.07) is 10.8. The molecular weight excluding hydrogens is 558 g/mol. The summed E-state index contributed by atoms with van der Waals surface area (Å²) in [7, 11) is -4.77. The molecule has 0 fully saturated rings. The van der Waals surface area contributed by atoms with E-state index in [-0.39, 0.29) is 34.5 Å². The summed E-state index contributed by atoms with van der Waals surface area (Å²) in [5, 5.41) is 8.60. The number of hydrogen-bond donors (Lipinski definition) is 3. The van der Waals surface area contributed by atoms with E-state index in [4.69, 9.17) is 36.6 Å².